The van der Waals surface area contributed by atoms with Crippen molar-refractivity contribution in [2.75, 3.05) is 13.1 Å². The third-order valence-electron chi connectivity index (χ3n) is 5.86. The van der Waals surface area contributed by atoms with Crippen LogP contribution in [0.4, 0.5) is 4.39 Å². The molecule has 4 nitrogen and oxygen atoms in total. The first kappa shape index (κ1) is 16.7. The second-order valence-electron chi connectivity index (χ2n) is 7.50. The maximum atomic E-state index is 14.6. The molecule has 1 aromatic carbocycles. The van der Waals surface area contributed by atoms with Crippen LogP contribution in [0.15, 0.2) is 30.6 Å². The first-order chi connectivity index (χ1) is 12.1. The standard InChI is InChI=1S/C20H27FN4/c1-14(23-17-7-10-24-9-3-4-18(24)13-17)16-5-6-20(19(21)12-16)25-11-8-22-15(25)2/h5-6,8,11-12,14,17-18,23H,3-4,7,9-10,13H2,1-2H3/t14-,17+,18+/m0/s1. The second-order valence-corrected chi connectivity index (χ2v) is 7.50. The van der Waals surface area contributed by atoms with Gasteiger partial charge in [0.1, 0.15) is 11.6 Å². The summed E-state index contributed by atoms with van der Waals surface area (Å²) in [6.07, 6.45) is 8.58. The lowest BCUT2D eigenvalue weighted by atomic mass is 9.96. The van der Waals surface area contributed by atoms with E-state index in [1.807, 2.05) is 19.1 Å². The third kappa shape index (κ3) is 3.35. The van der Waals surface area contributed by atoms with Crippen LogP contribution in [0.1, 0.15) is 50.0 Å². The van der Waals surface area contributed by atoms with Crippen LogP contribution in [0.3, 0.4) is 0 Å². The molecule has 0 spiro atoms. The van der Waals surface area contributed by atoms with E-state index in [2.05, 4.69) is 22.1 Å². The van der Waals surface area contributed by atoms with E-state index in [0.717, 1.165) is 17.4 Å². The highest BCUT2D eigenvalue weighted by molar-refractivity contribution is 5.38. The van der Waals surface area contributed by atoms with E-state index < -0.39 is 0 Å². The molecular formula is C20H27FN4. The van der Waals surface area contributed by atoms with Crippen LogP contribution in [-0.4, -0.2) is 39.6 Å². The van der Waals surface area contributed by atoms with E-state index in [1.54, 1.807) is 23.0 Å². The van der Waals surface area contributed by atoms with Crippen molar-refractivity contribution in [1.82, 2.24) is 19.8 Å². The number of halogens is 1. The minimum Gasteiger partial charge on any atom is -0.307 e. The Labute approximate surface area is 149 Å². The number of hydrogen-bond acceptors (Lipinski definition) is 3. The topological polar surface area (TPSA) is 33.1 Å². The molecule has 25 heavy (non-hydrogen) atoms. The molecular weight excluding hydrogens is 315 g/mol. The number of imidazole rings is 1. The van der Waals surface area contributed by atoms with Gasteiger partial charge >= 0.3 is 0 Å². The molecule has 2 aliphatic heterocycles. The van der Waals surface area contributed by atoms with Gasteiger partial charge in [0.2, 0.25) is 0 Å². The van der Waals surface area contributed by atoms with Gasteiger partial charge in [-0.2, -0.15) is 0 Å². The zero-order valence-electron chi connectivity index (χ0n) is 15.1. The fourth-order valence-electron chi connectivity index (χ4n) is 4.45. The number of nitrogens with one attached hydrogen (secondary N) is 1. The number of rotatable bonds is 4. The molecule has 2 aliphatic rings. The van der Waals surface area contributed by atoms with Crippen LogP contribution in [0.25, 0.3) is 5.69 Å². The second kappa shape index (κ2) is 6.89. The Morgan fingerprint density at radius 1 is 1.28 bits per heavy atom. The van der Waals surface area contributed by atoms with Crippen molar-refractivity contribution in [3.8, 4) is 5.69 Å². The number of aryl methyl sites for hydroxylation is 1. The molecule has 2 fully saturated rings. The molecule has 5 heteroatoms. The summed E-state index contributed by atoms with van der Waals surface area (Å²) in [4.78, 5) is 6.81. The van der Waals surface area contributed by atoms with E-state index in [1.165, 1.54) is 38.8 Å². The summed E-state index contributed by atoms with van der Waals surface area (Å²) >= 11 is 0. The van der Waals surface area contributed by atoms with E-state index >= 15 is 0 Å². The van der Waals surface area contributed by atoms with Gasteiger partial charge in [-0.25, -0.2) is 9.37 Å². The maximum absolute atomic E-state index is 14.6. The van der Waals surface area contributed by atoms with Gasteiger partial charge in [0, 0.05) is 30.5 Å². The molecule has 0 unspecified atom stereocenters. The minimum absolute atomic E-state index is 0.158. The molecule has 2 aromatic rings. The zero-order valence-corrected chi connectivity index (χ0v) is 15.1. The molecule has 0 aliphatic carbocycles. The number of fused-ring (bicyclic) bond motifs is 1. The SMILES string of the molecule is Cc1nccn1-c1ccc([C@H](C)N[C@@H]2CCN3CCC[C@@H]3C2)cc1F. The molecule has 1 N–H and O–H groups in total. The fraction of sp³-hybridized carbons (Fsp3) is 0.550. The Morgan fingerprint density at radius 2 is 2.16 bits per heavy atom. The summed E-state index contributed by atoms with van der Waals surface area (Å²) in [6.45, 7) is 6.49. The lowest BCUT2D eigenvalue weighted by Crippen LogP contribution is -2.46. The fourth-order valence-corrected chi connectivity index (χ4v) is 4.45. The Balaban J connectivity index is 1.44. The molecule has 4 rings (SSSR count). The number of aromatic nitrogens is 2. The summed E-state index contributed by atoms with van der Waals surface area (Å²) in [5.74, 6) is 0.596. The highest BCUT2D eigenvalue weighted by Gasteiger charge is 2.32. The van der Waals surface area contributed by atoms with Crippen molar-refractivity contribution in [1.29, 1.82) is 0 Å². The van der Waals surface area contributed by atoms with Gasteiger partial charge in [-0.15, -0.1) is 0 Å². The number of hydrogen-bond donors (Lipinski definition) is 1. The summed E-state index contributed by atoms with van der Waals surface area (Å²) in [5.41, 5.74) is 1.57. The first-order valence-corrected chi connectivity index (χ1v) is 9.41. The first-order valence-electron chi connectivity index (χ1n) is 9.41. The van der Waals surface area contributed by atoms with E-state index in [0.29, 0.717) is 11.7 Å². The predicted molar refractivity (Wildman–Crippen MR) is 97.4 cm³/mol. The summed E-state index contributed by atoms with van der Waals surface area (Å²) in [7, 11) is 0. The molecule has 1 aromatic heterocycles. The van der Waals surface area contributed by atoms with Gasteiger partial charge in [-0.05, 0) is 70.3 Å². The molecule has 3 atom stereocenters. The molecule has 0 amide bonds. The van der Waals surface area contributed by atoms with Crippen molar-refractivity contribution >= 4 is 0 Å². The van der Waals surface area contributed by atoms with Crippen LogP contribution >= 0.6 is 0 Å². The predicted octanol–water partition coefficient (Wildman–Crippen LogP) is 3.60. The van der Waals surface area contributed by atoms with Gasteiger partial charge in [0.05, 0.1) is 5.69 Å². The van der Waals surface area contributed by atoms with E-state index in [4.69, 9.17) is 0 Å². The summed E-state index contributed by atoms with van der Waals surface area (Å²) < 4.78 is 16.4. The quantitative estimate of drug-likeness (QED) is 0.922. The summed E-state index contributed by atoms with van der Waals surface area (Å²) in [5, 5.41) is 3.73. The molecule has 134 valence electrons. The number of nitrogens with zero attached hydrogens (tertiary/aromatic N) is 3. The number of piperidine rings is 1. The molecule has 2 saturated heterocycles. The van der Waals surface area contributed by atoms with Crippen LogP contribution in [0.5, 0.6) is 0 Å². The number of benzene rings is 1. The van der Waals surface area contributed by atoms with Gasteiger partial charge in [0.15, 0.2) is 0 Å². The average Bonchev–Trinajstić information content (AvgIpc) is 3.23. The zero-order chi connectivity index (χ0) is 17.4. The van der Waals surface area contributed by atoms with Crippen molar-refractivity contribution in [2.45, 2.75) is 57.7 Å². The normalized spacial score (nSPS) is 25.1. The molecule has 0 bridgehead atoms. The Hall–Kier alpha value is -1.72. The summed E-state index contributed by atoms with van der Waals surface area (Å²) in [6, 6.07) is 6.99. The van der Waals surface area contributed by atoms with Gasteiger partial charge in [-0.3, -0.25) is 0 Å². The smallest absolute Gasteiger partial charge is 0.147 e. The Kier molecular flexibility index (Phi) is 4.61. The molecule has 3 heterocycles. The molecule has 0 radical (unpaired) electrons. The maximum Gasteiger partial charge on any atom is 0.147 e. The lowest BCUT2D eigenvalue weighted by Gasteiger charge is -2.36. The Bertz CT molecular complexity index is 741. The van der Waals surface area contributed by atoms with Crippen molar-refractivity contribution in [3.05, 3.63) is 47.8 Å². The van der Waals surface area contributed by atoms with Gasteiger partial charge < -0.3 is 14.8 Å². The highest BCUT2D eigenvalue weighted by Crippen LogP contribution is 2.28. The molecule has 0 saturated carbocycles. The average molecular weight is 342 g/mol. The van der Waals surface area contributed by atoms with Crippen molar-refractivity contribution in [2.24, 2.45) is 0 Å². The lowest BCUT2D eigenvalue weighted by molar-refractivity contribution is 0.162. The van der Waals surface area contributed by atoms with Gasteiger partial charge in [-0.1, -0.05) is 6.07 Å². The van der Waals surface area contributed by atoms with Crippen molar-refractivity contribution < 1.29 is 4.39 Å². The van der Waals surface area contributed by atoms with Gasteiger partial charge in [0.25, 0.3) is 0 Å². The van der Waals surface area contributed by atoms with Crippen molar-refractivity contribution in [3.63, 3.8) is 0 Å². The third-order valence-corrected chi connectivity index (χ3v) is 5.86. The monoisotopic (exact) mass is 342 g/mol. The van der Waals surface area contributed by atoms with Crippen LogP contribution < -0.4 is 5.32 Å². The Morgan fingerprint density at radius 3 is 2.92 bits per heavy atom. The van der Waals surface area contributed by atoms with E-state index in [-0.39, 0.29) is 11.9 Å². The highest BCUT2D eigenvalue weighted by atomic mass is 19.1. The minimum atomic E-state index is -0.196. The van der Waals surface area contributed by atoms with Crippen LogP contribution in [0, 0.1) is 12.7 Å². The largest absolute Gasteiger partial charge is 0.307 e. The van der Waals surface area contributed by atoms with Crippen LogP contribution in [0.2, 0.25) is 0 Å². The van der Waals surface area contributed by atoms with E-state index in [9.17, 15) is 4.39 Å². The van der Waals surface area contributed by atoms with Crippen LogP contribution in [-0.2, 0) is 0 Å².